The van der Waals surface area contributed by atoms with Crippen LogP contribution in [0.1, 0.15) is 21.6 Å². The number of hydrogen-bond donors (Lipinski definition) is 1. The first-order valence-electron chi connectivity index (χ1n) is 10.7. The van der Waals surface area contributed by atoms with E-state index in [2.05, 4.69) is 15.4 Å². The van der Waals surface area contributed by atoms with E-state index in [1.165, 1.54) is 23.5 Å². The average Bonchev–Trinajstić information content (AvgIpc) is 3.46. The van der Waals surface area contributed by atoms with Crippen molar-refractivity contribution in [2.45, 2.75) is 13.2 Å². The molecule has 0 aliphatic carbocycles. The quantitative estimate of drug-likeness (QED) is 0.390. The van der Waals surface area contributed by atoms with Gasteiger partial charge in [-0.15, -0.1) is 11.3 Å². The molecule has 174 valence electrons. The van der Waals surface area contributed by atoms with Gasteiger partial charge in [0.05, 0.1) is 5.69 Å². The molecule has 34 heavy (non-hydrogen) atoms. The third-order valence-electron chi connectivity index (χ3n) is 5.56. The van der Waals surface area contributed by atoms with Gasteiger partial charge in [0.1, 0.15) is 18.2 Å². The number of nitrogens with zero attached hydrogens (tertiary/aromatic N) is 4. The Hall–Kier alpha value is -3.43. The summed E-state index contributed by atoms with van der Waals surface area (Å²) in [7, 11) is 1.80. The van der Waals surface area contributed by atoms with Gasteiger partial charge in [-0.1, -0.05) is 23.7 Å². The Morgan fingerprint density at radius 3 is 3.00 bits per heavy atom. The van der Waals surface area contributed by atoms with Crippen molar-refractivity contribution in [2.24, 2.45) is 7.05 Å². The summed E-state index contributed by atoms with van der Waals surface area (Å²) < 4.78 is 21.4. The summed E-state index contributed by atoms with van der Waals surface area (Å²) in [6, 6.07) is 11.6. The molecule has 3 heterocycles. The molecular weight excluding hydrogens is 477 g/mol. The lowest BCUT2D eigenvalue weighted by atomic mass is 10.0. The molecule has 0 unspecified atom stereocenters. The van der Waals surface area contributed by atoms with Crippen LogP contribution in [-0.2, 0) is 20.2 Å². The summed E-state index contributed by atoms with van der Waals surface area (Å²) in [5.74, 6) is 0.0993. The number of hydrogen-bond acceptors (Lipinski definition) is 6. The molecule has 0 saturated heterocycles. The first-order chi connectivity index (χ1) is 16.5. The smallest absolute Gasteiger partial charge is 0.275 e. The molecule has 4 aromatic rings. The Kier molecular flexibility index (Phi) is 6.21. The SMILES string of the molecule is Cn1nc(C(=O)N(CCNc2nccs2)Cc2cccc(F)c2)c2c1-c1cc(Cl)ccc1OC2. The number of aromatic nitrogens is 3. The molecular formula is C24H21ClFN5O2S. The predicted octanol–water partition coefficient (Wildman–Crippen LogP) is 4.98. The molecule has 0 bridgehead atoms. The molecule has 10 heteroatoms. The van der Waals surface area contributed by atoms with Gasteiger partial charge in [0, 0.05) is 54.4 Å². The number of fused-ring (bicyclic) bond motifs is 3. The molecule has 1 aliphatic heterocycles. The second-order valence-electron chi connectivity index (χ2n) is 7.85. The van der Waals surface area contributed by atoms with Crippen LogP contribution in [0, 0.1) is 5.82 Å². The third kappa shape index (κ3) is 4.49. The van der Waals surface area contributed by atoms with E-state index in [9.17, 15) is 9.18 Å². The number of carbonyl (C=O) groups excluding carboxylic acids is 1. The Bertz CT molecular complexity index is 1340. The highest BCUT2D eigenvalue weighted by Gasteiger charge is 2.31. The molecule has 5 rings (SSSR count). The minimum atomic E-state index is -0.345. The first-order valence-corrected chi connectivity index (χ1v) is 11.9. The Labute approximate surface area is 204 Å². The van der Waals surface area contributed by atoms with Gasteiger partial charge in [-0.2, -0.15) is 5.10 Å². The summed E-state index contributed by atoms with van der Waals surface area (Å²) in [5, 5.41) is 11.0. The number of anilines is 1. The van der Waals surface area contributed by atoms with Crippen molar-refractivity contribution < 1.29 is 13.9 Å². The van der Waals surface area contributed by atoms with E-state index >= 15 is 0 Å². The summed E-state index contributed by atoms with van der Waals surface area (Å²) >= 11 is 7.70. The third-order valence-corrected chi connectivity index (χ3v) is 6.52. The molecule has 0 atom stereocenters. The van der Waals surface area contributed by atoms with Gasteiger partial charge in [-0.05, 0) is 35.9 Å². The normalized spacial score (nSPS) is 12.0. The van der Waals surface area contributed by atoms with Crippen molar-refractivity contribution in [3.63, 3.8) is 0 Å². The van der Waals surface area contributed by atoms with Crippen LogP contribution in [0.3, 0.4) is 0 Å². The highest BCUT2D eigenvalue weighted by molar-refractivity contribution is 7.13. The van der Waals surface area contributed by atoms with Gasteiger partial charge in [-0.25, -0.2) is 9.37 Å². The Morgan fingerprint density at radius 2 is 2.21 bits per heavy atom. The summed E-state index contributed by atoms with van der Waals surface area (Å²) in [6.07, 6.45) is 1.72. The molecule has 0 radical (unpaired) electrons. The van der Waals surface area contributed by atoms with Crippen LogP contribution in [0.2, 0.25) is 5.02 Å². The monoisotopic (exact) mass is 497 g/mol. The fourth-order valence-electron chi connectivity index (χ4n) is 4.04. The zero-order chi connectivity index (χ0) is 23.7. The predicted molar refractivity (Wildman–Crippen MR) is 130 cm³/mol. The van der Waals surface area contributed by atoms with Crippen LogP contribution in [-0.4, -0.2) is 38.7 Å². The van der Waals surface area contributed by atoms with Crippen LogP contribution >= 0.6 is 22.9 Å². The number of halogens is 2. The largest absolute Gasteiger partial charge is 0.488 e. The molecule has 0 fully saturated rings. The van der Waals surface area contributed by atoms with Crippen LogP contribution < -0.4 is 10.1 Å². The maximum Gasteiger partial charge on any atom is 0.275 e. The lowest BCUT2D eigenvalue weighted by Gasteiger charge is -2.24. The Balaban J connectivity index is 1.45. The lowest BCUT2D eigenvalue weighted by Crippen LogP contribution is -2.35. The summed E-state index contributed by atoms with van der Waals surface area (Å²) in [4.78, 5) is 19.6. The zero-order valence-electron chi connectivity index (χ0n) is 18.3. The van der Waals surface area contributed by atoms with Gasteiger partial charge < -0.3 is 15.0 Å². The van der Waals surface area contributed by atoms with Gasteiger partial charge in [0.2, 0.25) is 0 Å². The molecule has 7 nitrogen and oxygen atoms in total. The fourth-order valence-corrected chi connectivity index (χ4v) is 4.77. The molecule has 0 saturated carbocycles. The average molecular weight is 498 g/mol. The van der Waals surface area contributed by atoms with Crippen molar-refractivity contribution in [1.82, 2.24) is 19.7 Å². The van der Waals surface area contributed by atoms with Crippen molar-refractivity contribution in [2.75, 3.05) is 18.4 Å². The molecule has 1 aliphatic rings. The van der Waals surface area contributed by atoms with Crippen LogP contribution in [0.15, 0.2) is 54.0 Å². The second-order valence-corrected chi connectivity index (χ2v) is 9.18. The molecule has 2 aromatic heterocycles. The van der Waals surface area contributed by atoms with Crippen LogP contribution in [0.5, 0.6) is 5.75 Å². The fraction of sp³-hybridized carbons (Fsp3) is 0.208. The molecule has 2 aromatic carbocycles. The van der Waals surface area contributed by atoms with Crippen molar-refractivity contribution in [1.29, 1.82) is 0 Å². The molecule has 0 spiro atoms. The number of amides is 1. The maximum atomic E-state index is 13.8. The van der Waals surface area contributed by atoms with Crippen molar-refractivity contribution in [3.05, 3.63) is 81.7 Å². The minimum absolute atomic E-state index is 0.226. The Morgan fingerprint density at radius 1 is 1.32 bits per heavy atom. The van der Waals surface area contributed by atoms with E-state index in [4.69, 9.17) is 16.3 Å². The summed E-state index contributed by atoms with van der Waals surface area (Å²) in [5.41, 5.74) is 3.32. The standard InChI is InChI=1S/C24H21ClFN5O2S/c1-30-22-18-12-16(25)5-6-20(18)33-14-19(22)21(29-30)23(32)31(9-7-27-24-28-8-10-34-24)13-15-3-2-4-17(26)11-15/h2-6,8,10-12H,7,9,13-14H2,1H3,(H,27,28). The number of benzene rings is 2. The van der Waals surface area contributed by atoms with E-state index in [1.54, 1.807) is 41.0 Å². The maximum absolute atomic E-state index is 13.8. The highest BCUT2D eigenvalue weighted by atomic mass is 35.5. The number of nitrogens with one attached hydrogen (secondary N) is 1. The topological polar surface area (TPSA) is 72.3 Å². The molecule has 1 amide bonds. The zero-order valence-corrected chi connectivity index (χ0v) is 19.9. The van der Waals surface area contributed by atoms with Gasteiger partial charge in [0.15, 0.2) is 10.8 Å². The van der Waals surface area contributed by atoms with E-state index in [0.29, 0.717) is 40.7 Å². The van der Waals surface area contributed by atoms with E-state index in [-0.39, 0.29) is 24.9 Å². The summed E-state index contributed by atoms with van der Waals surface area (Å²) in [6.45, 7) is 1.33. The van der Waals surface area contributed by atoms with E-state index in [1.807, 2.05) is 17.5 Å². The van der Waals surface area contributed by atoms with Gasteiger partial charge in [-0.3, -0.25) is 9.48 Å². The van der Waals surface area contributed by atoms with E-state index in [0.717, 1.165) is 16.4 Å². The highest BCUT2D eigenvalue weighted by Crippen LogP contribution is 2.40. The van der Waals surface area contributed by atoms with Crippen LogP contribution in [0.4, 0.5) is 9.52 Å². The van der Waals surface area contributed by atoms with E-state index < -0.39 is 0 Å². The lowest BCUT2D eigenvalue weighted by molar-refractivity contribution is 0.0740. The number of aryl methyl sites for hydroxylation is 1. The number of thiazole rings is 1. The van der Waals surface area contributed by atoms with Crippen molar-refractivity contribution >= 4 is 34.0 Å². The first kappa shape index (κ1) is 22.4. The van der Waals surface area contributed by atoms with Crippen molar-refractivity contribution in [3.8, 4) is 17.0 Å². The molecule has 1 N–H and O–H groups in total. The number of ether oxygens (including phenoxy) is 1. The van der Waals surface area contributed by atoms with Gasteiger partial charge >= 0.3 is 0 Å². The minimum Gasteiger partial charge on any atom is -0.488 e. The number of carbonyl (C=O) groups is 1. The van der Waals surface area contributed by atoms with Crippen LogP contribution in [0.25, 0.3) is 11.3 Å². The number of rotatable bonds is 7. The second kappa shape index (κ2) is 9.44. The van der Waals surface area contributed by atoms with Gasteiger partial charge in [0.25, 0.3) is 5.91 Å².